The van der Waals surface area contributed by atoms with Gasteiger partial charge in [-0.2, -0.15) is 0 Å². The Morgan fingerprint density at radius 3 is 2.58 bits per heavy atom. The fourth-order valence-electron chi connectivity index (χ4n) is 3.46. The van der Waals surface area contributed by atoms with Gasteiger partial charge >= 0.3 is 0 Å². The van der Waals surface area contributed by atoms with Gasteiger partial charge in [0.15, 0.2) is 17.5 Å². The third-order valence-electron chi connectivity index (χ3n) is 4.99. The molecule has 1 aliphatic heterocycles. The standard InChI is InChI=1S/C22H32N4O4.HI/c1-5-29-20-9-7-17(14-21(20)27-4)25-22(23-3)24-15-18(19-8-6-16(2)30-19)26-10-12-28-13-11-26;/h6-9,14,18H,5,10-13,15H2,1-4H3,(H2,23,24,25);1H. The van der Waals surface area contributed by atoms with Crippen molar-refractivity contribution in [2.75, 3.05) is 58.9 Å². The van der Waals surface area contributed by atoms with Gasteiger partial charge in [-0.3, -0.25) is 9.89 Å². The molecule has 1 fully saturated rings. The van der Waals surface area contributed by atoms with Crippen LogP contribution in [0.15, 0.2) is 39.7 Å². The Hall–Kier alpha value is -1.98. The number of methoxy groups -OCH3 is 1. The number of aryl methyl sites for hydroxylation is 1. The van der Waals surface area contributed by atoms with E-state index in [1.54, 1.807) is 14.2 Å². The van der Waals surface area contributed by atoms with Crippen molar-refractivity contribution in [2.24, 2.45) is 4.99 Å². The predicted molar refractivity (Wildman–Crippen MR) is 133 cm³/mol. The first-order chi connectivity index (χ1) is 14.6. The number of morpholine rings is 1. The summed E-state index contributed by atoms with van der Waals surface area (Å²) in [5.41, 5.74) is 0.861. The number of hydrogen-bond acceptors (Lipinski definition) is 6. The molecule has 2 aromatic rings. The summed E-state index contributed by atoms with van der Waals surface area (Å²) in [5, 5.41) is 6.74. The number of guanidine groups is 1. The van der Waals surface area contributed by atoms with Crippen molar-refractivity contribution in [3.05, 3.63) is 41.9 Å². The summed E-state index contributed by atoms with van der Waals surface area (Å²) in [6, 6.07) is 9.87. The van der Waals surface area contributed by atoms with Gasteiger partial charge in [0.25, 0.3) is 0 Å². The molecule has 172 valence electrons. The monoisotopic (exact) mass is 544 g/mol. The van der Waals surface area contributed by atoms with Crippen molar-refractivity contribution in [1.29, 1.82) is 0 Å². The highest BCUT2D eigenvalue weighted by Gasteiger charge is 2.25. The highest BCUT2D eigenvalue weighted by molar-refractivity contribution is 14.0. The highest BCUT2D eigenvalue weighted by Crippen LogP contribution is 2.30. The number of hydrogen-bond donors (Lipinski definition) is 2. The maximum atomic E-state index is 5.94. The van der Waals surface area contributed by atoms with E-state index in [-0.39, 0.29) is 30.0 Å². The molecule has 0 amide bonds. The SMILES string of the molecule is CCOc1ccc(NC(=NC)NCC(c2ccc(C)o2)N2CCOCC2)cc1OC.I. The van der Waals surface area contributed by atoms with Crippen LogP contribution in [0.3, 0.4) is 0 Å². The molecular formula is C22H33IN4O4. The van der Waals surface area contributed by atoms with Crippen LogP contribution < -0.4 is 20.1 Å². The minimum Gasteiger partial charge on any atom is -0.493 e. The predicted octanol–water partition coefficient (Wildman–Crippen LogP) is 3.67. The Labute approximate surface area is 201 Å². The molecule has 2 N–H and O–H groups in total. The van der Waals surface area contributed by atoms with Gasteiger partial charge in [0.1, 0.15) is 11.5 Å². The van der Waals surface area contributed by atoms with Gasteiger partial charge in [0.2, 0.25) is 0 Å². The Bertz CT molecular complexity index is 837. The Balaban J connectivity index is 0.00000341. The van der Waals surface area contributed by atoms with E-state index in [1.165, 1.54) is 0 Å². The summed E-state index contributed by atoms with van der Waals surface area (Å²) in [4.78, 5) is 6.74. The number of furan rings is 1. The van der Waals surface area contributed by atoms with Crippen LogP contribution in [0.2, 0.25) is 0 Å². The summed E-state index contributed by atoms with van der Waals surface area (Å²) in [5.74, 6) is 3.92. The molecule has 1 saturated heterocycles. The molecule has 1 atom stereocenters. The number of nitrogens with one attached hydrogen (secondary N) is 2. The Morgan fingerprint density at radius 2 is 1.97 bits per heavy atom. The number of nitrogens with zero attached hydrogens (tertiary/aromatic N) is 2. The topological polar surface area (TPSA) is 80.5 Å². The number of anilines is 1. The van der Waals surface area contributed by atoms with E-state index in [9.17, 15) is 0 Å². The molecule has 1 aromatic carbocycles. The van der Waals surface area contributed by atoms with Crippen LogP contribution in [0.25, 0.3) is 0 Å². The zero-order valence-electron chi connectivity index (χ0n) is 18.6. The van der Waals surface area contributed by atoms with Crippen LogP contribution in [0.5, 0.6) is 11.5 Å². The van der Waals surface area contributed by atoms with E-state index in [0.717, 1.165) is 43.5 Å². The van der Waals surface area contributed by atoms with Crippen LogP contribution in [0.4, 0.5) is 5.69 Å². The smallest absolute Gasteiger partial charge is 0.195 e. The normalized spacial score (nSPS) is 15.7. The number of ether oxygens (including phenoxy) is 3. The number of aliphatic imine (C=N–C) groups is 1. The fraction of sp³-hybridized carbons (Fsp3) is 0.500. The van der Waals surface area contributed by atoms with Crippen LogP contribution in [0, 0.1) is 6.92 Å². The largest absolute Gasteiger partial charge is 0.493 e. The Morgan fingerprint density at radius 1 is 1.19 bits per heavy atom. The Kier molecular flexibility index (Phi) is 10.4. The summed E-state index contributed by atoms with van der Waals surface area (Å²) in [7, 11) is 3.38. The molecule has 9 heteroatoms. The van der Waals surface area contributed by atoms with Crippen molar-refractivity contribution in [3.8, 4) is 11.5 Å². The maximum Gasteiger partial charge on any atom is 0.195 e. The van der Waals surface area contributed by atoms with Crippen molar-refractivity contribution >= 4 is 35.6 Å². The minimum absolute atomic E-state index is 0. The summed E-state index contributed by atoms with van der Waals surface area (Å²) >= 11 is 0. The first-order valence-electron chi connectivity index (χ1n) is 10.3. The van der Waals surface area contributed by atoms with Crippen LogP contribution in [-0.4, -0.2) is 64.5 Å². The first-order valence-corrected chi connectivity index (χ1v) is 10.3. The van der Waals surface area contributed by atoms with Gasteiger partial charge in [-0.1, -0.05) is 0 Å². The lowest BCUT2D eigenvalue weighted by molar-refractivity contribution is 0.0125. The van der Waals surface area contributed by atoms with Gasteiger partial charge in [-0.15, -0.1) is 24.0 Å². The van der Waals surface area contributed by atoms with Crippen molar-refractivity contribution in [2.45, 2.75) is 19.9 Å². The summed E-state index contributed by atoms with van der Waals surface area (Å²) < 4.78 is 22.5. The summed E-state index contributed by atoms with van der Waals surface area (Å²) in [6.45, 7) is 8.35. The molecule has 1 aliphatic rings. The molecule has 0 bridgehead atoms. The van der Waals surface area contributed by atoms with Crippen molar-refractivity contribution in [3.63, 3.8) is 0 Å². The maximum absolute atomic E-state index is 5.94. The van der Waals surface area contributed by atoms with E-state index >= 15 is 0 Å². The molecule has 8 nitrogen and oxygen atoms in total. The van der Waals surface area contributed by atoms with Crippen LogP contribution in [-0.2, 0) is 4.74 Å². The zero-order chi connectivity index (χ0) is 21.3. The first kappa shape index (κ1) is 25.3. The number of halogens is 1. The van der Waals surface area contributed by atoms with Crippen molar-refractivity contribution in [1.82, 2.24) is 10.2 Å². The summed E-state index contributed by atoms with van der Waals surface area (Å²) in [6.07, 6.45) is 0. The third-order valence-corrected chi connectivity index (χ3v) is 4.99. The molecule has 0 saturated carbocycles. The fourth-order valence-corrected chi connectivity index (χ4v) is 3.46. The molecule has 1 aromatic heterocycles. The number of rotatable bonds is 8. The lowest BCUT2D eigenvalue weighted by Crippen LogP contribution is -2.44. The minimum atomic E-state index is 0. The van der Waals surface area contributed by atoms with E-state index in [1.807, 2.05) is 44.2 Å². The average molecular weight is 544 g/mol. The van der Waals surface area contributed by atoms with E-state index in [2.05, 4.69) is 20.5 Å². The average Bonchev–Trinajstić information content (AvgIpc) is 3.20. The van der Waals surface area contributed by atoms with Gasteiger partial charge in [-0.25, -0.2) is 0 Å². The van der Waals surface area contributed by atoms with Gasteiger partial charge in [-0.05, 0) is 38.1 Å². The second kappa shape index (κ2) is 12.8. The third kappa shape index (κ3) is 7.01. The lowest BCUT2D eigenvalue weighted by Gasteiger charge is -2.33. The molecule has 0 radical (unpaired) electrons. The molecule has 1 unspecified atom stereocenters. The quantitative estimate of drug-likeness (QED) is 0.298. The van der Waals surface area contributed by atoms with Crippen molar-refractivity contribution < 1.29 is 18.6 Å². The molecule has 3 rings (SSSR count). The lowest BCUT2D eigenvalue weighted by atomic mass is 10.1. The molecule has 0 spiro atoms. The van der Waals surface area contributed by atoms with E-state index in [4.69, 9.17) is 18.6 Å². The van der Waals surface area contributed by atoms with Gasteiger partial charge in [0.05, 0.1) is 33.0 Å². The van der Waals surface area contributed by atoms with Gasteiger partial charge in [0, 0.05) is 38.4 Å². The molecular weight excluding hydrogens is 511 g/mol. The van der Waals surface area contributed by atoms with E-state index in [0.29, 0.717) is 30.6 Å². The molecule has 2 heterocycles. The molecule has 0 aliphatic carbocycles. The second-order valence-electron chi connectivity index (χ2n) is 6.99. The van der Waals surface area contributed by atoms with Crippen LogP contribution in [0.1, 0.15) is 24.5 Å². The zero-order valence-corrected chi connectivity index (χ0v) is 21.0. The van der Waals surface area contributed by atoms with Gasteiger partial charge < -0.3 is 29.3 Å². The highest BCUT2D eigenvalue weighted by atomic mass is 127. The number of benzene rings is 1. The second-order valence-corrected chi connectivity index (χ2v) is 6.99. The van der Waals surface area contributed by atoms with Crippen LogP contribution >= 0.6 is 24.0 Å². The molecule has 31 heavy (non-hydrogen) atoms. The van der Waals surface area contributed by atoms with E-state index < -0.39 is 0 Å².